The molecule has 0 aromatic carbocycles. The molecule has 0 saturated carbocycles. The van der Waals surface area contributed by atoms with Crippen LogP contribution in [0, 0.1) is 0 Å². The first-order valence-corrected chi connectivity index (χ1v) is 6.03. The van der Waals surface area contributed by atoms with Crippen LogP contribution in [0.2, 0.25) is 0 Å². The van der Waals surface area contributed by atoms with Gasteiger partial charge in [0, 0.05) is 17.1 Å². The van der Waals surface area contributed by atoms with Crippen LogP contribution >= 0.6 is 11.3 Å². The summed E-state index contributed by atoms with van der Waals surface area (Å²) in [5.74, 6) is 0.286. The minimum atomic E-state index is -0.0869. The average molecular weight is 233 g/mol. The monoisotopic (exact) mass is 233 g/mol. The number of hydrogen-bond acceptors (Lipinski definition) is 4. The van der Waals surface area contributed by atoms with Crippen molar-refractivity contribution in [1.82, 2.24) is 9.78 Å². The third-order valence-electron chi connectivity index (χ3n) is 2.78. The summed E-state index contributed by atoms with van der Waals surface area (Å²) < 4.78 is 1.30. The van der Waals surface area contributed by atoms with Crippen LogP contribution in [-0.2, 0) is 12.8 Å². The van der Waals surface area contributed by atoms with Crippen LogP contribution in [-0.4, -0.2) is 15.7 Å². The highest BCUT2D eigenvalue weighted by Crippen LogP contribution is 2.30. The van der Waals surface area contributed by atoms with Gasteiger partial charge in [0.25, 0.3) is 5.91 Å². The molecule has 3 rings (SSSR count). The van der Waals surface area contributed by atoms with E-state index in [1.807, 2.05) is 6.07 Å². The minimum Gasteiger partial charge on any atom is -0.382 e. The van der Waals surface area contributed by atoms with E-state index in [1.165, 1.54) is 21.5 Å². The Morgan fingerprint density at radius 2 is 2.38 bits per heavy atom. The van der Waals surface area contributed by atoms with Crippen LogP contribution in [0.4, 0.5) is 5.82 Å². The number of aryl methyl sites for hydroxylation is 2. The molecule has 0 radical (unpaired) electrons. The molecule has 82 valence electrons. The molecule has 0 aliphatic heterocycles. The van der Waals surface area contributed by atoms with E-state index in [0.717, 1.165) is 17.7 Å². The Morgan fingerprint density at radius 1 is 1.50 bits per heavy atom. The third-order valence-corrected chi connectivity index (χ3v) is 4.00. The standard InChI is InChI=1S/C11H11N3OS/c12-10-4-5-14(13-10)11(15)9-6-7-2-1-3-8(7)16-9/h4-6H,1-3H2,(H2,12,13). The molecule has 0 fully saturated rings. The number of nitrogens with two attached hydrogens (primary N) is 1. The molecule has 2 N–H and O–H groups in total. The normalized spacial score (nSPS) is 14.0. The molecule has 0 saturated heterocycles. The zero-order valence-corrected chi connectivity index (χ0v) is 9.46. The first kappa shape index (κ1) is 9.59. The van der Waals surface area contributed by atoms with Crippen molar-refractivity contribution >= 4 is 23.1 Å². The van der Waals surface area contributed by atoms with Gasteiger partial charge in [0.05, 0.1) is 4.88 Å². The van der Waals surface area contributed by atoms with Crippen molar-refractivity contribution in [3.05, 3.63) is 33.6 Å². The zero-order valence-electron chi connectivity index (χ0n) is 8.64. The lowest BCUT2D eigenvalue weighted by atomic mass is 10.2. The van der Waals surface area contributed by atoms with E-state index in [9.17, 15) is 4.79 Å². The first-order valence-electron chi connectivity index (χ1n) is 5.21. The molecule has 5 heteroatoms. The van der Waals surface area contributed by atoms with Gasteiger partial charge in [-0.3, -0.25) is 4.79 Å². The molecule has 0 spiro atoms. The third kappa shape index (κ3) is 1.44. The Morgan fingerprint density at radius 3 is 3.06 bits per heavy atom. The number of thiophene rings is 1. The van der Waals surface area contributed by atoms with Crippen molar-refractivity contribution in [2.45, 2.75) is 19.3 Å². The summed E-state index contributed by atoms with van der Waals surface area (Å²) in [6.45, 7) is 0. The molecule has 16 heavy (non-hydrogen) atoms. The molecule has 1 aliphatic carbocycles. The highest BCUT2D eigenvalue weighted by atomic mass is 32.1. The number of nitrogen functional groups attached to an aromatic ring is 1. The van der Waals surface area contributed by atoms with Crippen LogP contribution in [0.15, 0.2) is 18.3 Å². The molecule has 0 bridgehead atoms. The van der Waals surface area contributed by atoms with E-state index in [0.29, 0.717) is 5.82 Å². The van der Waals surface area contributed by atoms with E-state index in [4.69, 9.17) is 5.73 Å². The van der Waals surface area contributed by atoms with Crippen molar-refractivity contribution < 1.29 is 4.79 Å². The summed E-state index contributed by atoms with van der Waals surface area (Å²) in [4.78, 5) is 14.1. The number of hydrogen-bond donors (Lipinski definition) is 1. The van der Waals surface area contributed by atoms with Crippen LogP contribution in [0.1, 0.15) is 26.5 Å². The second-order valence-electron chi connectivity index (χ2n) is 3.90. The number of anilines is 1. The van der Waals surface area contributed by atoms with Gasteiger partial charge in [-0.2, -0.15) is 0 Å². The molecule has 2 aromatic rings. The van der Waals surface area contributed by atoms with Crippen LogP contribution in [0.5, 0.6) is 0 Å². The number of carbonyl (C=O) groups excluding carboxylic acids is 1. The summed E-state index contributed by atoms with van der Waals surface area (Å²) in [6.07, 6.45) is 5.02. The van der Waals surface area contributed by atoms with Gasteiger partial charge < -0.3 is 5.73 Å². The number of carbonyl (C=O) groups is 1. The van der Waals surface area contributed by atoms with Gasteiger partial charge in [0.15, 0.2) is 0 Å². The van der Waals surface area contributed by atoms with Crippen molar-refractivity contribution in [2.24, 2.45) is 0 Å². The first-order chi connectivity index (χ1) is 7.74. The average Bonchev–Trinajstić information content (AvgIpc) is 2.89. The van der Waals surface area contributed by atoms with Gasteiger partial charge in [-0.1, -0.05) is 0 Å². The molecule has 1 aliphatic rings. The summed E-state index contributed by atoms with van der Waals surface area (Å²) >= 11 is 1.58. The van der Waals surface area contributed by atoms with Gasteiger partial charge in [-0.05, 0) is 30.9 Å². The van der Waals surface area contributed by atoms with Gasteiger partial charge in [0.2, 0.25) is 0 Å². The van der Waals surface area contributed by atoms with Gasteiger partial charge in [-0.15, -0.1) is 16.4 Å². The van der Waals surface area contributed by atoms with Crippen LogP contribution < -0.4 is 5.73 Å². The maximum Gasteiger partial charge on any atom is 0.288 e. The van der Waals surface area contributed by atoms with Crippen molar-refractivity contribution in [3.63, 3.8) is 0 Å². The molecule has 2 heterocycles. The summed E-state index contributed by atoms with van der Waals surface area (Å²) in [5, 5.41) is 3.92. The highest BCUT2D eigenvalue weighted by Gasteiger charge is 2.19. The van der Waals surface area contributed by atoms with E-state index >= 15 is 0 Å². The molecular weight excluding hydrogens is 222 g/mol. The topological polar surface area (TPSA) is 60.9 Å². The van der Waals surface area contributed by atoms with Crippen molar-refractivity contribution in [3.8, 4) is 0 Å². The molecule has 0 unspecified atom stereocenters. The fraction of sp³-hybridized carbons (Fsp3) is 0.273. The highest BCUT2D eigenvalue weighted by molar-refractivity contribution is 7.14. The van der Waals surface area contributed by atoms with Crippen LogP contribution in [0.3, 0.4) is 0 Å². The predicted octanol–water partition coefficient (Wildman–Crippen LogP) is 1.70. The number of rotatable bonds is 1. The van der Waals surface area contributed by atoms with E-state index in [-0.39, 0.29) is 5.91 Å². The SMILES string of the molecule is Nc1ccn(C(=O)c2cc3c(s2)CCC3)n1. The molecule has 2 aromatic heterocycles. The lowest BCUT2D eigenvalue weighted by Crippen LogP contribution is -2.11. The Hall–Kier alpha value is -1.62. The smallest absolute Gasteiger partial charge is 0.288 e. The van der Waals surface area contributed by atoms with Gasteiger partial charge in [-0.25, -0.2) is 4.68 Å². The maximum atomic E-state index is 12.0. The number of nitrogens with zero attached hydrogens (tertiary/aromatic N) is 2. The minimum absolute atomic E-state index is 0.0869. The largest absolute Gasteiger partial charge is 0.382 e. The molecule has 0 amide bonds. The second kappa shape index (κ2) is 3.45. The quantitative estimate of drug-likeness (QED) is 0.815. The Balaban J connectivity index is 1.95. The van der Waals surface area contributed by atoms with Gasteiger partial charge >= 0.3 is 0 Å². The zero-order chi connectivity index (χ0) is 11.1. The Kier molecular flexibility index (Phi) is 2.07. The number of fused-ring (bicyclic) bond motifs is 1. The van der Waals surface area contributed by atoms with E-state index in [1.54, 1.807) is 23.6 Å². The lowest BCUT2D eigenvalue weighted by molar-refractivity contribution is 0.0949. The maximum absolute atomic E-state index is 12.0. The second-order valence-corrected chi connectivity index (χ2v) is 5.04. The summed E-state index contributed by atoms with van der Waals surface area (Å²) in [5.41, 5.74) is 6.81. The summed E-state index contributed by atoms with van der Waals surface area (Å²) in [6, 6.07) is 3.62. The lowest BCUT2D eigenvalue weighted by Gasteiger charge is -1.96. The van der Waals surface area contributed by atoms with Gasteiger partial charge in [0.1, 0.15) is 5.82 Å². The van der Waals surface area contributed by atoms with Crippen molar-refractivity contribution in [1.29, 1.82) is 0 Å². The Bertz CT molecular complexity index is 534. The summed E-state index contributed by atoms with van der Waals surface area (Å²) in [7, 11) is 0. The van der Waals surface area contributed by atoms with Crippen LogP contribution in [0.25, 0.3) is 0 Å². The molecular formula is C11H11N3OS. The number of aromatic nitrogens is 2. The fourth-order valence-electron chi connectivity index (χ4n) is 2.00. The molecule has 0 atom stereocenters. The predicted molar refractivity (Wildman–Crippen MR) is 62.7 cm³/mol. The van der Waals surface area contributed by atoms with Crippen molar-refractivity contribution in [2.75, 3.05) is 5.73 Å². The Labute approximate surface area is 96.7 Å². The van der Waals surface area contributed by atoms with E-state index in [2.05, 4.69) is 5.10 Å². The fourth-order valence-corrected chi connectivity index (χ4v) is 3.18. The van der Waals surface area contributed by atoms with E-state index < -0.39 is 0 Å². The molecule has 4 nitrogen and oxygen atoms in total.